The zero-order valence-corrected chi connectivity index (χ0v) is 19.1. The maximum atomic E-state index is 13.4. The van der Waals surface area contributed by atoms with Crippen LogP contribution in [0.5, 0.6) is 0 Å². The molecule has 10 nitrogen and oxygen atoms in total. The van der Waals surface area contributed by atoms with Gasteiger partial charge in [0.1, 0.15) is 18.2 Å². The molecule has 0 aliphatic carbocycles. The van der Waals surface area contributed by atoms with Crippen LogP contribution in [0.3, 0.4) is 0 Å². The van der Waals surface area contributed by atoms with Crippen LogP contribution in [0.2, 0.25) is 5.15 Å². The Bertz CT molecular complexity index is 1290. The molecule has 7 N–H and O–H groups in total. The third-order valence-electron chi connectivity index (χ3n) is 5.45. The lowest BCUT2D eigenvalue weighted by Gasteiger charge is -2.31. The van der Waals surface area contributed by atoms with Gasteiger partial charge in [-0.3, -0.25) is 19.6 Å². The van der Waals surface area contributed by atoms with Crippen LogP contribution < -0.4 is 27.8 Å². The van der Waals surface area contributed by atoms with Crippen molar-refractivity contribution in [3.05, 3.63) is 75.2 Å². The number of hydrazine groups is 1. The van der Waals surface area contributed by atoms with Crippen molar-refractivity contribution >= 4 is 34.7 Å². The number of nitrogen functional groups attached to an aromatic ring is 2. The normalized spacial score (nSPS) is 13.2. The molecule has 1 saturated heterocycles. The van der Waals surface area contributed by atoms with Crippen molar-refractivity contribution in [1.29, 1.82) is 5.41 Å². The molecule has 0 atom stereocenters. The van der Waals surface area contributed by atoms with Crippen molar-refractivity contribution in [1.82, 2.24) is 19.9 Å². The van der Waals surface area contributed by atoms with Gasteiger partial charge in [0.15, 0.2) is 10.8 Å². The van der Waals surface area contributed by atoms with Gasteiger partial charge in [-0.05, 0) is 24.1 Å². The van der Waals surface area contributed by atoms with E-state index in [0.717, 1.165) is 25.1 Å². The van der Waals surface area contributed by atoms with Gasteiger partial charge in [-0.15, -0.1) is 0 Å². The van der Waals surface area contributed by atoms with E-state index in [1.165, 1.54) is 4.57 Å². The summed E-state index contributed by atoms with van der Waals surface area (Å²) in [5.74, 6) is -0.152. The summed E-state index contributed by atoms with van der Waals surface area (Å²) in [4.78, 5) is 30.6. The zero-order valence-electron chi connectivity index (χ0n) is 18.3. The molecule has 0 unspecified atom stereocenters. The van der Waals surface area contributed by atoms with Crippen LogP contribution in [0.25, 0.3) is 11.4 Å². The molecule has 3 aromatic rings. The average Bonchev–Trinajstić information content (AvgIpc) is 2.78. The summed E-state index contributed by atoms with van der Waals surface area (Å²) >= 11 is 6.36. The first-order chi connectivity index (χ1) is 16.3. The van der Waals surface area contributed by atoms with Gasteiger partial charge in [-0.25, -0.2) is 9.99 Å². The fourth-order valence-corrected chi connectivity index (χ4v) is 3.66. The van der Waals surface area contributed by atoms with Crippen molar-refractivity contribution < 1.29 is 4.79 Å². The molecule has 1 aromatic heterocycles. The molecule has 0 radical (unpaired) electrons. The van der Waals surface area contributed by atoms with Crippen molar-refractivity contribution in [3.8, 4) is 11.4 Å². The number of carbonyl (C=O) groups is 1. The highest BCUT2D eigenvalue weighted by Crippen LogP contribution is 2.24. The number of nitrogens with zero attached hydrogens (tertiary/aromatic N) is 3. The largest absolute Gasteiger partial charge is 0.399 e. The lowest BCUT2D eigenvalue weighted by atomic mass is 10.1. The van der Waals surface area contributed by atoms with E-state index in [-0.39, 0.29) is 41.5 Å². The van der Waals surface area contributed by atoms with Crippen molar-refractivity contribution in [2.75, 3.05) is 24.2 Å². The number of hydrogen-bond donors (Lipinski definition) is 5. The Morgan fingerprint density at radius 3 is 2.53 bits per heavy atom. The highest BCUT2D eigenvalue weighted by Gasteiger charge is 2.22. The quantitative estimate of drug-likeness (QED) is 0.142. The molecule has 4 rings (SSSR count). The van der Waals surface area contributed by atoms with Crippen molar-refractivity contribution in [2.45, 2.75) is 19.5 Å². The second-order valence-electron chi connectivity index (χ2n) is 7.96. The van der Waals surface area contributed by atoms with Gasteiger partial charge < -0.3 is 22.2 Å². The smallest absolute Gasteiger partial charge is 0.280 e. The third kappa shape index (κ3) is 5.19. The molecule has 1 aliphatic heterocycles. The molecule has 0 saturated carbocycles. The van der Waals surface area contributed by atoms with Crippen molar-refractivity contribution in [2.24, 2.45) is 5.73 Å². The van der Waals surface area contributed by atoms with Crippen LogP contribution in [0.1, 0.15) is 17.5 Å². The third-order valence-corrected chi connectivity index (χ3v) is 5.73. The highest BCUT2D eigenvalue weighted by molar-refractivity contribution is 6.32. The SMILES string of the molecule is N=C(N)c1ccc(CNC(=O)Cn2c(-c3cccc(N)c3)nc(Cl)c(NN3CCC3)c2=O)cc1. The fraction of sp³-hybridized carbons (Fsp3) is 0.217. The Kier molecular flexibility index (Phi) is 6.80. The zero-order chi connectivity index (χ0) is 24.2. The fourth-order valence-electron chi connectivity index (χ4n) is 3.46. The maximum Gasteiger partial charge on any atom is 0.280 e. The molecule has 176 valence electrons. The van der Waals surface area contributed by atoms with E-state index < -0.39 is 5.56 Å². The highest BCUT2D eigenvalue weighted by atomic mass is 35.5. The first-order valence-electron chi connectivity index (χ1n) is 10.7. The number of amidine groups is 1. The van der Waals surface area contributed by atoms with Crippen LogP contribution in [-0.2, 0) is 17.9 Å². The van der Waals surface area contributed by atoms with Gasteiger partial charge in [0, 0.05) is 36.4 Å². The molecule has 2 heterocycles. The monoisotopic (exact) mass is 480 g/mol. The first-order valence-corrected chi connectivity index (χ1v) is 11.1. The minimum Gasteiger partial charge on any atom is -0.399 e. The molecule has 34 heavy (non-hydrogen) atoms. The van der Waals surface area contributed by atoms with Crippen LogP contribution in [-0.4, -0.2) is 39.4 Å². The molecule has 0 bridgehead atoms. The Labute approximate surface area is 201 Å². The van der Waals surface area contributed by atoms with E-state index >= 15 is 0 Å². The summed E-state index contributed by atoms with van der Waals surface area (Å²) < 4.78 is 1.29. The number of halogens is 1. The standard InChI is InChI=1S/C23H25ClN8O2/c24-20-19(30-31-9-2-10-31)23(34)32(22(29-20)16-3-1-4-17(25)11-16)13-18(33)28-12-14-5-7-15(8-6-14)21(26)27/h1,3-8,11,30H,2,9-10,12-13,25H2,(H3,26,27)(H,28,33). The number of anilines is 2. The van der Waals surface area contributed by atoms with E-state index in [0.29, 0.717) is 16.8 Å². The van der Waals surface area contributed by atoms with Crippen LogP contribution in [0.15, 0.2) is 53.3 Å². The van der Waals surface area contributed by atoms with E-state index in [4.69, 9.17) is 28.5 Å². The van der Waals surface area contributed by atoms with Crippen LogP contribution in [0, 0.1) is 5.41 Å². The first kappa shape index (κ1) is 23.3. The van der Waals surface area contributed by atoms with E-state index in [1.807, 2.05) is 5.01 Å². The minimum atomic E-state index is -0.453. The summed E-state index contributed by atoms with van der Waals surface area (Å²) in [5.41, 5.74) is 16.6. The maximum absolute atomic E-state index is 13.4. The van der Waals surface area contributed by atoms with Gasteiger partial charge in [-0.1, -0.05) is 48.0 Å². The molecular weight excluding hydrogens is 456 g/mol. The molecule has 1 fully saturated rings. The molecule has 0 spiro atoms. The van der Waals surface area contributed by atoms with Gasteiger partial charge in [0.2, 0.25) is 5.91 Å². The van der Waals surface area contributed by atoms with Crippen LogP contribution in [0.4, 0.5) is 11.4 Å². The minimum absolute atomic E-state index is 0.0246. The topological polar surface area (TPSA) is 155 Å². The number of nitrogens with one attached hydrogen (secondary N) is 3. The summed E-state index contributed by atoms with van der Waals surface area (Å²) in [7, 11) is 0. The average molecular weight is 481 g/mol. The molecule has 1 amide bonds. The Hall–Kier alpha value is -3.89. The van der Waals surface area contributed by atoms with Crippen LogP contribution >= 0.6 is 11.6 Å². The van der Waals surface area contributed by atoms with Gasteiger partial charge in [0.25, 0.3) is 5.56 Å². The summed E-state index contributed by atoms with van der Waals surface area (Å²) in [6.07, 6.45) is 1.02. The van der Waals surface area contributed by atoms with Crippen molar-refractivity contribution in [3.63, 3.8) is 0 Å². The Balaban J connectivity index is 1.60. The second kappa shape index (κ2) is 9.94. The van der Waals surface area contributed by atoms with Gasteiger partial charge in [0.05, 0.1) is 0 Å². The lowest BCUT2D eigenvalue weighted by molar-refractivity contribution is -0.121. The molecular formula is C23H25ClN8O2. The van der Waals surface area contributed by atoms with Gasteiger partial charge >= 0.3 is 0 Å². The second-order valence-corrected chi connectivity index (χ2v) is 8.32. The summed E-state index contributed by atoms with van der Waals surface area (Å²) in [5, 5.41) is 12.2. The van der Waals surface area contributed by atoms with E-state index in [2.05, 4.69) is 15.7 Å². The predicted molar refractivity (Wildman–Crippen MR) is 132 cm³/mol. The summed E-state index contributed by atoms with van der Waals surface area (Å²) in [6.45, 7) is 1.57. The number of nitrogens with two attached hydrogens (primary N) is 2. The Morgan fingerprint density at radius 1 is 1.18 bits per heavy atom. The summed E-state index contributed by atoms with van der Waals surface area (Å²) in [6, 6.07) is 13.9. The van der Waals surface area contributed by atoms with E-state index in [1.54, 1.807) is 48.5 Å². The number of hydrogen-bond acceptors (Lipinski definition) is 7. The lowest BCUT2D eigenvalue weighted by Crippen LogP contribution is -2.44. The van der Waals surface area contributed by atoms with Gasteiger partial charge in [-0.2, -0.15) is 0 Å². The number of rotatable bonds is 8. The number of benzene rings is 2. The number of carbonyl (C=O) groups excluding carboxylic acids is 1. The molecule has 1 aliphatic rings. The molecule has 2 aromatic carbocycles. The predicted octanol–water partition coefficient (Wildman–Crippen LogP) is 1.78. The number of aromatic nitrogens is 2. The molecule has 11 heteroatoms. The van der Waals surface area contributed by atoms with E-state index in [9.17, 15) is 9.59 Å². The number of amides is 1. The Morgan fingerprint density at radius 2 is 1.91 bits per heavy atom.